The van der Waals surface area contributed by atoms with Gasteiger partial charge in [-0.05, 0) is 32.2 Å². The molecule has 2 atom stereocenters. The van der Waals surface area contributed by atoms with Crippen LogP contribution in [0.25, 0.3) is 0 Å². The van der Waals surface area contributed by atoms with Crippen molar-refractivity contribution in [2.24, 2.45) is 0 Å². The quantitative estimate of drug-likeness (QED) is 0.881. The van der Waals surface area contributed by atoms with E-state index in [1.165, 1.54) is 38.8 Å². The third-order valence-corrected chi connectivity index (χ3v) is 4.52. The standard InChI is InChI=1S/C15H25N5/c1-3-13-18-14(16-2)10-15(19-13)17-11-6-8-20-7-4-5-12(20)9-11/h10-12H,3-9H2,1-2H3,(H2,16,17,18,19). The van der Waals surface area contributed by atoms with E-state index in [1.54, 1.807) is 0 Å². The Hall–Kier alpha value is -1.36. The molecule has 1 aromatic rings. The van der Waals surface area contributed by atoms with Crippen molar-refractivity contribution in [1.29, 1.82) is 0 Å². The molecule has 2 saturated heterocycles. The van der Waals surface area contributed by atoms with Crippen LogP contribution in [0.4, 0.5) is 11.6 Å². The van der Waals surface area contributed by atoms with Crippen molar-refractivity contribution in [2.75, 3.05) is 30.8 Å². The zero-order valence-corrected chi connectivity index (χ0v) is 12.5. The van der Waals surface area contributed by atoms with Crippen molar-refractivity contribution in [3.05, 3.63) is 11.9 Å². The SMILES string of the molecule is CCc1nc(NC)cc(NC2CCN3CCCC3C2)n1. The number of piperidine rings is 1. The summed E-state index contributed by atoms with van der Waals surface area (Å²) in [5.74, 6) is 2.77. The van der Waals surface area contributed by atoms with E-state index >= 15 is 0 Å². The first kappa shape index (κ1) is 13.6. The van der Waals surface area contributed by atoms with Gasteiger partial charge in [-0.15, -0.1) is 0 Å². The van der Waals surface area contributed by atoms with Crippen LogP contribution in [0.15, 0.2) is 6.07 Å². The van der Waals surface area contributed by atoms with Crippen LogP contribution >= 0.6 is 0 Å². The Labute approximate surface area is 121 Å². The molecule has 3 heterocycles. The van der Waals surface area contributed by atoms with Crippen LogP contribution in [-0.4, -0.2) is 47.1 Å². The molecule has 0 spiro atoms. The molecule has 2 N–H and O–H groups in total. The molecule has 0 aliphatic carbocycles. The lowest BCUT2D eigenvalue weighted by molar-refractivity contribution is 0.188. The minimum absolute atomic E-state index is 0.554. The number of aromatic nitrogens is 2. The lowest BCUT2D eigenvalue weighted by Gasteiger charge is -2.35. The second-order valence-electron chi connectivity index (χ2n) is 5.86. The highest BCUT2D eigenvalue weighted by atomic mass is 15.2. The molecule has 0 radical (unpaired) electrons. The van der Waals surface area contributed by atoms with E-state index in [0.29, 0.717) is 6.04 Å². The zero-order valence-electron chi connectivity index (χ0n) is 12.5. The molecule has 110 valence electrons. The summed E-state index contributed by atoms with van der Waals surface area (Å²) < 4.78 is 0. The van der Waals surface area contributed by atoms with Crippen LogP contribution in [0, 0.1) is 0 Å². The summed E-state index contributed by atoms with van der Waals surface area (Å²) in [4.78, 5) is 11.7. The van der Waals surface area contributed by atoms with E-state index in [2.05, 4.69) is 32.4 Å². The minimum atomic E-state index is 0.554. The first-order chi connectivity index (χ1) is 9.78. The molecule has 5 nitrogen and oxygen atoms in total. The van der Waals surface area contributed by atoms with Crippen molar-refractivity contribution in [1.82, 2.24) is 14.9 Å². The predicted molar refractivity (Wildman–Crippen MR) is 82.2 cm³/mol. The van der Waals surface area contributed by atoms with E-state index in [4.69, 9.17) is 0 Å². The Morgan fingerprint density at radius 2 is 2.10 bits per heavy atom. The van der Waals surface area contributed by atoms with Gasteiger partial charge in [0.15, 0.2) is 0 Å². The van der Waals surface area contributed by atoms with Gasteiger partial charge in [-0.3, -0.25) is 0 Å². The van der Waals surface area contributed by atoms with Crippen molar-refractivity contribution in [2.45, 2.75) is 51.1 Å². The highest BCUT2D eigenvalue weighted by Gasteiger charge is 2.31. The van der Waals surface area contributed by atoms with Gasteiger partial charge in [-0.2, -0.15) is 0 Å². The van der Waals surface area contributed by atoms with Crippen LogP contribution in [0.5, 0.6) is 0 Å². The average Bonchev–Trinajstić information content (AvgIpc) is 2.94. The molecule has 0 aromatic carbocycles. The lowest BCUT2D eigenvalue weighted by Crippen LogP contribution is -2.42. The van der Waals surface area contributed by atoms with E-state index in [9.17, 15) is 0 Å². The van der Waals surface area contributed by atoms with Crippen LogP contribution < -0.4 is 10.6 Å². The molecule has 5 heteroatoms. The molecule has 1 aromatic heterocycles. The smallest absolute Gasteiger partial charge is 0.132 e. The fourth-order valence-corrected chi connectivity index (χ4v) is 3.42. The van der Waals surface area contributed by atoms with E-state index in [0.717, 1.165) is 29.9 Å². The van der Waals surface area contributed by atoms with Gasteiger partial charge in [0.2, 0.25) is 0 Å². The number of hydrogen-bond donors (Lipinski definition) is 2. The fourth-order valence-electron chi connectivity index (χ4n) is 3.42. The predicted octanol–water partition coefficient (Wildman–Crippen LogP) is 2.12. The van der Waals surface area contributed by atoms with Crippen LogP contribution in [0.3, 0.4) is 0 Å². The molecule has 2 unspecified atom stereocenters. The van der Waals surface area contributed by atoms with Crippen molar-refractivity contribution in [3.8, 4) is 0 Å². The summed E-state index contributed by atoms with van der Waals surface area (Å²) in [6.45, 7) is 4.62. The Kier molecular flexibility index (Phi) is 4.05. The maximum atomic E-state index is 4.60. The molecular formula is C15H25N5. The average molecular weight is 275 g/mol. The molecule has 2 aliphatic heterocycles. The van der Waals surface area contributed by atoms with Gasteiger partial charge in [0.05, 0.1) is 0 Å². The van der Waals surface area contributed by atoms with Crippen molar-refractivity contribution < 1.29 is 0 Å². The number of nitrogens with one attached hydrogen (secondary N) is 2. The molecule has 2 fully saturated rings. The zero-order chi connectivity index (χ0) is 13.9. The van der Waals surface area contributed by atoms with Crippen molar-refractivity contribution in [3.63, 3.8) is 0 Å². The maximum absolute atomic E-state index is 4.60. The molecule has 0 amide bonds. The number of hydrogen-bond acceptors (Lipinski definition) is 5. The third kappa shape index (κ3) is 2.87. The Morgan fingerprint density at radius 3 is 2.90 bits per heavy atom. The van der Waals surface area contributed by atoms with Gasteiger partial charge in [0.1, 0.15) is 17.5 Å². The highest BCUT2D eigenvalue weighted by Crippen LogP contribution is 2.28. The van der Waals surface area contributed by atoms with Crippen LogP contribution in [-0.2, 0) is 6.42 Å². The van der Waals surface area contributed by atoms with Crippen LogP contribution in [0.1, 0.15) is 38.4 Å². The van der Waals surface area contributed by atoms with Gasteiger partial charge < -0.3 is 15.5 Å². The minimum Gasteiger partial charge on any atom is -0.373 e. The second-order valence-corrected chi connectivity index (χ2v) is 5.86. The Bertz CT molecular complexity index is 439. The first-order valence-electron chi connectivity index (χ1n) is 7.84. The summed E-state index contributed by atoms with van der Waals surface area (Å²) in [6.07, 6.45) is 6.07. The Morgan fingerprint density at radius 1 is 1.25 bits per heavy atom. The highest BCUT2D eigenvalue weighted by molar-refractivity contribution is 5.47. The normalized spacial score (nSPS) is 26.3. The van der Waals surface area contributed by atoms with E-state index in [-0.39, 0.29) is 0 Å². The van der Waals surface area contributed by atoms with Gasteiger partial charge in [-0.25, -0.2) is 9.97 Å². The van der Waals surface area contributed by atoms with E-state index in [1.807, 2.05) is 13.1 Å². The Balaban J connectivity index is 1.68. The molecule has 20 heavy (non-hydrogen) atoms. The third-order valence-electron chi connectivity index (χ3n) is 4.52. The summed E-state index contributed by atoms with van der Waals surface area (Å²) in [7, 11) is 1.91. The largest absolute Gasteiger partial charge is 0.373 e. The number of rotatable bonds is 4. The monoisotopic (exact) mass is 275 g/mol. The van der Waals surface area contributed by atoms with Gasteiger partial charge in [0, 0.05) is 38.2 Å². The number of fused-ring (bicyclic) bond motifs is 1. The summed E-state index contributed by atoms with van der Waals surface area (Å²) in [5, 5.41) is 6.74. The molecular weight excluding hydrogens is 250 g/mol. The van der Waals surface area contributed by atoms with Crippen molar-refractivity contribution >= 4 is 11.6 Å². The number of anilines is 2. The fraction of sp³-hybridized carbons (Fsp3) is 0.733. The van der Waals surface area contributed by atoms with E-state index < -0.39 is 0 Å². The maximum Gasteiger partial charge on any atom is 0.132 e. The van der Waals surface area contributed by atoms with Gasteiger partial charge >= 0.3 is 0 Å². The number of nitrogens with zero attached hydrogens (tertiary/aromatic N) is 3. The molecule has 3 rings (SSSR count). The molecule has 0 saturated carbocycles. The summed E-state index contributed by atoms with van der Waals surface area (Å²) in [6, 6.07) is 3.36. The van der Waals surface area contributed by atoms with Gasteiger partial charge in [-0.1, -0.05) is 6.92 Å². The first-order valence-corrected chi connectivity index (χ1v) is 7.84. The molecule has 0 bridgehead atoms. The summed E-state index contributed by atoms with van der Waals surface area (Å²) >= 11 is 0. The van der Waals surface area contributed by atoms with Crippen LogP contribution in [0.2, 0.25) is 0 Å². The summed E-state index contributed by atoms with van der Waals surface area (Å²) in [5.41, 5.74) is 0. The second kappa shape index (κ2) is 5.95. The molecule has 2 aliphatic rings. The number of aryl methyl sites for hydroxylation is 1. The topological polar surface area (TPSA) is 53.1 Å². The van der Waals surface area contributed by atoms with Gasteiger partial charge in [0.25, 0.3) is 0 Å². The lowest BCUT2D eigenvalue weighted by atomic mass is 9.97.